The van der Waals surface area contributed by atoms with Crippen LogP contribution in [0.5, 0.6) is 0 Å². The number of likely N-dealkylation sites (tertiary alicyclic amines) is 1. The van der Waals surface area contributed by atoms with Crippen LogP contribution in [0.3, 0.4) is 0 Å². The third-order valence-electron chi connectivity index (χ3n) is 2.76. The minimum Gasteiger partial charge on any atom is -0.388 e. The second kappa shape index (κ2) is 5.44. The third-order valence-corrected chi connectivity index (χ3v) is 2.76. The van der Waals surface area contributed by atoms with Crippen molar-refractivity contribution in [1.82, 2.24) is 4.90 Å². The van der Waals surface area contributed by atoms with Crippen molar-refractivity contribution in [2.45, 2.75) is 44.4 Å². The van der Waals surface area contributed by atoms with E-state index in [0.717, 1.165) is 12.8 Å². The highest BCUT2D eigenvalue weighted by Crippen LogP contribution is 2.12. The van der Waals surface area contributed by atoms with Crippen LogP contribution in [-0.2, 0) is 4.79 Å². The van der Waals surface area contributed by atoms with E-state index < -0.39 is 18.2 Å². The molecule has 3 atom stereocenters. The van der Waals surface area contributed by atoms with Gasteiger partial charge in [0, 0.05) is 13.1 Å². The van der Waals surface area contributed by atoms with Gasteiger partial charge in [0.25, 0.3) is 0 Å². The van der Waals surface area contributed by atoms with Crippen LogP contribution < -0.4 is 5.73 Å². The summed E-state index contributed by atoms with van der Waals surface area (Å²) < 4.78 is 0. The molecule has 0 aliphatic carbocycles. The molecule has 0 bridgehead atoms. The fourth-order valence-electron chi connectivity index (χ4n) is 1.73. The number of unbranched alkanes of at least 4 members (excludes halogenated alkanes) is 1. The fraction of sp³-hybridized carbons (Fsp3) is 0.900. The Morgan fingerprint density at radius 2 is 2.00 bits per heavy atom. The summed E-state index contributed by atoms with van der Waals surface area (Å²) in [6, 6.07) is -0.498. The first-order valence-corrected chi connectivity index (χ1v) is 5.46. The quantitative estimate of drug-likeness (QED) is 0.566. The van der Waals surface area contributed by atoms with Gasteiger partial charge < -0.3 is 20.8 Å². The van der Waals surface area contributed by atoms with Crippen molar-refractivity contribution in [1.29, 1.82) is 0 Å². The molecule has 0 spiro atoms. The lowest BCUT2D eigenvalue weighted by atomic mass is 10.1. The zero-order chi connectivity index (χ0) is 11.4. The van der Waals surface area contributed by atoms with Crippen LogP contribution in [0.15, 0.2) is 0 Å². The Kier molecular flexibility index (Phi) is 4.50. The molecule has 1 aliphatic heterocycles. The number of hydrogen-bond donors (Lipinski definition) is 3. The number of β-amino-alcohol motifs (C(OH)–C–C–N with tert-alkyl or cyclic N) is 2. The van der Waals surface area contributed by atoms with E-state index in [1.54, 1.807) is 0 Å². The molecule has 1 aliphatic rings. The van der Waals surface area contributed by atoms with E-state index in [4.69, 9.17) is 5.73 Å². The highest BCUT2D eigenvalue weighted by atomic mass is 16.3. The number of nitrogens with two attached hydrogens (primary N) is 1. The minimum absolute atomic E-state index is 0.168. The Balaban J connectivity index is 2.40. The number of carbonyl (C=O) groups excluding carboxylic acids is 1. The summed E-state index contributed by atoms with van der Waals surface area (Å²) in [7, 11) is 0. The maximum Gasteiger partial charge on any atom is 0.239 e. The molecule has 1 amide bonds. The van der Waals surface area contributed by atoms with E-state index in [2.05, 4.69) is 0 Å². The van der Waals surface area contributed by atoms with Gasteiger partial charge in [0.1, 0.15) is 0 Å². The number of amides is 1. The lowest BCUT2D eigenvalue weighted by Gasteiger charge is -2.19. The van der Waals surface area contributed by atoms with Gasteiger partial charge in [-0.1, -0.05) is 19.8 Å². The fourth-order valence-corrected chi connectivity index (χ4v) is 1.73. The summed E-state index contributed by atoms with van der Waals surface area (Å²) in [4.78, 5) is 13.2. The normalized spacial score (nSPS) is 28.1. The molecule has 15 heavy (non-hydrogen) atoms. The SMILES string of the molecule is CCCCC(N)C(=O)N1CC(O)C(O)C1. The van der Waals surface area contributed by atoms with Crippen molar-refractivity contribution >= 4 is 5.91 Å². The molecule has 0 aromatic rings. The molecular formula is C10H20N2O3. The third kappa shape index (κ3) is 3.15. The van der Waals surface area contributed by atoms with Gasteiger partial charge >= 0.3 is 0 Å². The summed E-state index contributed by atoms with van der Waals surface area (Å²) in [5.41, 5.74) is 5.72. The van der Waals surface area contributed by atoms with Crippen LogP contribution >= 0.6 is 0 Å². The maximum absolute atomic E-state index is 11.7. The first kappa shape index (κ1) is 12.4. The van der Waals surface area contributed by atoms with Gasteiger partial charge in [0.15, 0.2) is 0 Å². The summed E-state index contributed by atoms with van der Waals surface area (Å²) >= 11 is 0. The zero-order valence-corrected chi connectivity index (χ0v) is 9.09. The number of nitrogens with zero attached hydrogens (tertiary/aromatic N) is 1. The Morgan fingerprint density at radius 1 is 1.47 bits per heavy atom. The van der Waals surface area contributed by atoms with Crippen LogP contribution in [0.1, 0.15) is 26.2 Å². The van der Waals surface area contributed by atoms with Crippen molar-refractivity contribution in [3.8, 4) is 0 Å². The van der Waals surface area contributed by atoms with Crippen LogP contribution in [0.2, 0.25) is 0 Å². The van der Waals surface area contributed by atoms with Gasteiger partial charge in [-0.3, -0.25) is 4.79 Å². The van der Waals surface area contributed by atoms with Crippen LogP contribution in [0, 0.1) is 0 Å². The summed E-state index contributed by atoms with van der Waals surface area (Å²) in [6.07, 6.45) is 0.940. The first-order valence-electron chi connectivity index (χ1n) is 5.46. The molecule has 1 fully saturated rings. The van der Waals surface area contributed by atoms with Crippen LogP contribution in [0.4, 0.5) is 0 Å². The van der Waals surface area contributed by atoms with E-state index in [1.807, 2.05) is 6.92 Å². The molecule has 0 saturated carbocycles. The summed E-state index contributed by atoms with van der Waals surface area (Å²) in [5, 5.41) is 18.6. The van der Waals surface area contributed by atoms with E-state index in [-0.39, 0.29) is 19.0 Å². The van der Waals surface area contributed by atoms with Gasteiger partial charge in [0.05, 0.1) is 18.2 Å². The average Bonchev–Trinajstić information content (AvgIpc) is 2.54. The molecule has 0 aromatic heterocycles. The molecule has 5 heteroatoms. The summed E-state index contributed by atoms with van der Waals surface area (Å²) in [5.74, 6) is -0.168. The molecule has 1 saturated heterocycles. The number of aliphatic hydroxyl groups is 2. The Hall–Kier alpha value is -0.650. The second-order valence-electron chi connectivity index (χ2n) is 4.13. The number of rotatable bonds is 4. The van der Waals surface area contributed by atoms with Crippen LogP contribution in [0.25, 0.3) is 0 Å². The number of aliphatic hydroxyl groups excluding tert-OH is 2. The monoisotopic (exact) mass is 216 g/mol. The topological polar surface area (TPSA) is 86.8 Å². The zero-order valence-electron chi connectivity index (χ0n) is 9.09. The van der Waals surface area contributed by atoms with Crippen molar-refractivity contribution in [3.63, 3.8) is 0 Å². The molecule has 0 radical (unpaired) electrons. The van der Waals surface area contributed by atoms with Gasteiger partial charge in [-0.15, -0.1) is 0 Å². The van der Waals surface area contributed by atoms with Gasteiger partial charge in [0.2, 0.25) is 5.91 Å². The molecular weight excluding hydrogens is 196 g/mol. The lowest BCUT2D eigenvalue weighted by Crippen LogP contribution is -2.43. The predicted octanol–water partition coefficient (Wildman–Crippen LogP) is -0.932. The Labute approximate surface area is 89.9 Å². The lowest BCUT2D eigenvalue weighted by molar-refractivity contribution is -0.132. The first-order chi connectivity index (χ1) is 7.06. The van der Waals surface area contributed by atoms with Crippen molar-refractivity contribution in [2.24, 2.45) is 5.73 Å². The van der Waals surface area contributed by atoms with Crippen molar-refractivity contribution in [3.05, 3.63) is 0 Å². The molecule has 1 rings (SSSR count). The molecule has 0 aromatic carbocycles. The van der Waals surface area contributed by atoms with E-state index in [1.165, 1.54) is 4.90 Å². The van der Waals surface area contributed by atoms with Crippen molar-refractivity contribution < 1.29 is 15.0 Å². The van der Waals surface area contributed by atoms with Gasteiger partial charge in [-0.25, -0.2) is 0 Å². The predicted molar refractivity (Wildman–Crippen MR) is 56.1 cm³/mol. The largest absolute Gasteiger partial charge is 0.388 e. The Bertz CT molecular complexity index is 213. The number of hydrogen-bond acceptors (Lipinski definition) is 4. The highest BCUT2D eigenvalue weighted by Gasteiger charge is 2.34. The highest BCUT2D eigenvalue weighted by molar-refractivity contribution is 5.82. The standard InChI is InChI=1S/C10H20N2O3/c1-2-3-4-7(11)10(15)12-5-8(13)9(14)6-12/h7-9,13-14H,2-6,11H2,1H3. The number of carbonyl (C=O) groups is 1. The van der Waals surface area contributed by atoms with E-state index in [9.17, 15) is 15.0 Å². The average molecular weight is 216 g/mol. The van der Waals surface area contributed by atoms with E-state index in [0.29, 0.717) is 6.42 Å². The van der Waals surface area contributed by atoms with Gasteiger partial charge in [-0.05, 0) is 6.42 Å². The van der Waals surface area contributed by atoms with Crippen molar-refractivity contribution in [2.75, 3.05) is 13.1 Å². The summed E-state index contributed by atoms with van der Waals surface area (Å²) in [6.45, 7) is 2.43. The van der Waals surface area contributed by atoms with Crippen LogP contribution in [-0.4, -0.2) is 52.4 Å². The van der Waals surface area contributed by atoms with E-state index >= 15 is 0 Å². The molecule has 88 valence electrons. The Morgan fingerprint density at radius 3 is 2.47 bits per heavy atom. The smallest absolute Gasteiger partial charge is 0.239 e. The molecule has 4 N–H and O–H groups in total. The second-order valence-corrected chi connectivity index (χ2v) is 4.13. The minimum atomic E-state index is -0.827. The van der Waals surface area contributed by atoms with Gasteiger partial charge in [-0.2, -0.15) is 0 Å². The maximum atomic E-state index is 11.7. The molecule has 5 nitrogen and oxygen atoms in total. The molecule has 3 unspecified atom stereocenters. The molecule has 1 heterocycles.